The van der Waals surface area contributed by atoms with E-state index < -0.39 is 5.66 Å². The Balaban J connectivity index is 2.22. The largest absolute Gasteiger partial charge is 0.428 e. The molecule has 1 aliphatic heterocycles. The van der Waals surface area contributed by atoms with Crippen LogP contribution in [0.25, 0.3) is 0 Å². The number of halogens is 2. The Bertz CT molecular complexity index is 403. The smallest absolute Gasteiger partial charge is 0.303 e. The van der Waals surface area contributed by atoms with Crippen LogP contribution in [0.15, 0.2) is 4.42 Å². The lowest BCUT2D eigenvalue weighted by Crippen LogP contribution is -2.34. The first-order chi connectivity index (χ1) is 7.88. The third-order valence-electron chi connectivity index (χ3n) is 3.03. The number of anilines is 1. The van der Waals surface area contributed by atoms with E-state index in [-0.39, 0.29) is 11.5 Å². The minimum Gasteiger partial charge on any atom is -0.428 e. The number of aryl methyl sites for hydroxylation is 1. The van der Waals surface area contributed by atoms with Crippen molar-refractivity contribution in [2.45, 2.75) is 32.4 Å². The molecule has 1 aromatic heterocycles. The number of rotatable bonds is 2. The van der Waals surface area contributed by atoms with Gasteiger partial charge in [0.25, 0.3) is 6.01 Å². The van der Waals surface area contributed by atoms with E-state index in [0.717, 1.165) is 19.5 Å². The van der Waals surface area contributed by atoms with E-state index in [1.54, 1.807) is 0 Å². The molecule has 0 radical (unpaired) electrons. The molecule has 0 N–H and O–H groups in total. The lowest BCUT2D eigenvalue weighted by Gasteiger charge is -2.29. The van der Waals surface area contributed by atoms with Crippen LogP contribution < -0.4 is 4.90 Å². The summed E-state index contributed by atoms with van der Waals surface area (Å²) in [6.45, 7) is 5.32. The number of aromatic nitrogens is 1. The molecule has 0 aliphatic carbocycles. The molecule has 2 rings (SSSR count). The van der Waals surface area contributed by atoms with Crippen LogP contribution in [0.1, 0.15) is 31.2 Å². The minimum absolute atomic E-state index is 0.193. The highest BCUT2D eigenvalue weighted by Crippen LogP contribution is 2.38. The van der Waals surface area contributed by atoms with Crippen LogP contribution in [-0.4, -0.2) is 18.1 Å². The summed E-state index contributed by atoms with van der Waals surface area (Å²) in [5.41, 5.74) is -3.30. The van der Waals surface area contributed by atoms with Crippen LogP contribution in [0.4, 0.5) is 14.8 Å². The molecular weight excluding hydrogens is 245 g/mol. The van der Waals surface area contributed by atoms with Gasteiger partial charge in [-0.25, -0.2) is 0 Å². The van der Waals surface area contributed by atoms with Gasteiger partial charge in [0.1, 0.15) is 5.76 Å². The molecule has 3 nitrogen and oxygen atoms in total. The van der Waals surface area contributed by atoms with Gasteiger partial charge in [-0.2, -0.15) is 13.8 Å². The first-order valence-corrected chi connectivity index (χ1v) is 6.35. The van der Waals surface area contributed by atoms with Gasteiger partial charge in [-0.3, -0.25) is 0 Å². The quantitative estimate of drug-likeness (QED) is 0.767. The molecule has 1 aliphatic rings. The maximum atomic E-state index is 13.2. The van der Waals surface area contributed by atoms with E-state index >= 15 is 0 Å². The zero-order valence-corrected chi connectivity index (χ0v) is 11.2. The van der Waals surface area contributed by atoms with Gasteiger partial charge in [0.05, 0.1) is 0 Å². The zero-order chi connectivity index (χ0) is 12.6. The zero-order valence-electron chi connectivity index (χ0n) is 10.0. The highest BCUT2D eigenvalue weighted by molar-refractivity contribution is 7.17. The van der Waals surface area contributed by atoms with Gasteiger partial charge in [-0.1, -0.05) is 16.2 Å². The normalized spacial score (nSPS) is 21.9. The number of alkyl halides is 2. The van der Waals surface area contributed by atoms with E-state index in [4.69, 9.17) is 4.42 Å². The Morgan fingerprint density at radius 3 is 2.76 bits per heavy atom. The van der Waals surface area contributed by atoms with Crippen LogP contribution in [0.3, 0.4) is 0 Å². The lowest BCUT2D eigenvalue weighted by molar-refractivity contribution is 0.0975. The average Bonchev–Trinajstić information content (AvgIpc) is 2.60. The predicted molar refractivity (Wildman–Crippen MR) is 65.5 cm³/mol. The van der Waals surface area contributed by atoms with Gasteiger partial charge in [-0.15, -0.1) is 0 Å². The fraction of sp³-hybridized carbons (Fsp3) is 0.727. The third kappa shape index (κ3) is 2.76. The number of nitrogens with zero attached hydrogens (tertiary/aromatic N) is 2. The molecule has 0 spiro atoms. The van der Waals surface area contributed by atoms with E-state index in [1.165, 1.54) is 22.6 Å². The summed E-state index contributed by atoms with van der Waals surface area (Å²) >= 11 is 0. The molecule has 1 fully saturated rings. The number of hydrogen-bond acceptors (Lipinski definition) is 3. The van der Waals surface area contributed by atoms with Crippen molar-refractivity contribution in [2.75, 3.05) is 18.0 Å². The molecular formula is C11H17F2N2OP. The van der Waals surface area contributed by atoms with Gasteiger partial charge in [0, 0.05) is 13.1 Å². The first kappa shape index (κ1) is 12.7. The molecule has 0 bridgehead atoms. The highest BCUT2D eigenvalue weighted by Gasteiger charge is 2.33. The molecule has 0 saturated carbocycles. The Kier molecular flexibility index (Phi) is 3.39. The Morgan fingerprint density at radius 1 is 1.53 bits per heavy atom. The molecule has 17 heavy (non-hydrogen) atoms. The monoisotopic (exact) mass is 262 g/mol. The van der Waals surface area contributed by atoms with Crippen molar-refractivity contribution in [3.05, 3.63) is 11.5 Å². The van der Waals surface area contributed by atoms with Gasteiger partial charge in [-0.05, 0) is 25.7 Å². The van der Waals surface area contributed by atoms with Crippen molar-refractivity contribution in [3.63, 3.8) is 0 Å². The Morgan fingerprint density at radius 2 is 2.24 bits per heavy atom. The van der Waals surface area contributed by atoms with Crippen LogP contribution in [0.5, 0.6) is 0 Å². The molecule has 1 saturated heterocycles. The van der Waals surface area contributed by atoms with Crippen LogP contribution in [-0.2, 0) is 5.66 Å². The third-order valence-corrected chi connectivity index (χ3v) is 3.30. The summed E-state index contributed by atoms with van der Waals surface area (Å²) in [7, 11) is 1.50. The number of oxazole rings is 1. The van der Waals surface area contributed by atoms with Crippen molar-refractivity contribution in [1.82, 2.24) is 4.98 Å². The number of hydrogen-bond donors (Lipinski definition) is 0. The maximum absolute atomic E-state index is 13.2. The van der Waals surface area contributed by atoms with Gasteiger partial charge in [0.15, 0.2) is 5.69 Å². The summed E-state index contributed by atoms with van der Waals surface area (Å²) in [5.74, 6) is 0.745. The second-order valence-corrected chi connectivity index (χ2v) is 5.44. The standard InChI is InChI=1S/C11H17F2N2OP/c1-7-4-3-5-15(6-7)10-14-9(8(2)16-10)11(12,13)17/h7H,3-6,17H2,1-2H3. The van der Waals surface area contributed by atoms with E-state index in [1.807, 2.05) is 4.90 Å². The van der Waals surface area contributed by atoms with Crippen LogP contribution in [0, 0.1) is 12.8 Å². The van der Waals surface area contributed by atoms with Crippen LogP contribution >= 0.6 is 9.24 Å². The Hall–Kier alpha value is -0.700. The summed E-state index contributed by atoms with van der Waals surface area (Å²) in [4.78, 5) is 5.87. The van der Waals surface area contributed by atoms with Crippen molar-refractivity contribution >= 4 is 15.3 Å². The number of piperidine rings is 1. The molecule has 1 aromatic rings. The summed E-state index contributed by atoms with van der Waals surface area (Å²) in [6.07, 6.45) is 2.22. The lowest BCUT2D eigenvalue weighted by atomic mass is 10.0. The molecule has 0 amide bonds. The average molecular weight is 262 g/mol. The summed E-state index contributed by atoms with van der Waals surface area (Å²) in [5, 5.41) is 0. The minimum atomic E-state index is -3.02. The molecule has 6 heteroatoms. The van der Waals surface area contributed by atoms with Crippen molar-refractivity contribution in [1.29, 1.82) is 0 Å². The first-order valence-electron chi connectivity index (χ1n) is 5.77. The van der Waals surface area contributed by atoms with Crippen molar-refractivity contribution in [3.8, 4) is 0 Å². The van der Waals surface area contributed by atoms with Crippen molar-refractivity contribution < 1.29 is 13.2 Å². The fourth-order valence-electron chi connectivity index (χ4n) is 2.19. The summed E-state index contributed by atoms with van der Waals surface area (Å²) < 4.78 is 31.7. The van der Waals surface area contributed by atoms with E-state index in [9.17, 15) is 8.78 Å². The molecule has 2 unspecified atom stereocenters. The fourth-order valence-corrected chi connectivity index (χ4v) is 2.46. The molecule has 96 valence electrons. The second-order valence-electron chi connectivity index (χ2n) is 4.72. The Labute approximate surface area is 102 Å². The van der Waals surface area contributed by atoms with Crippen LogP contribution in [0.2, 0.25) is 0 Å². The van der Waals surface area contributed by atoms with E-state index in [2.05, 4.69) is 11.9 Å². The highest BCUT2D eigenvalue weighted by atomic mass is 31.0. The van der Waals surface area contributed by atoms with E-state index in [0.29, 0.717) is 11.9 Å². The predicted octanol–water partition coefficient (Wildman–Crippen LogP) is 3.14. The van der Waals surface area contributed by atoms with Gasteiger partial charge >= 0.3 is 5.66 Å². The SMILES string of the molecule is Cc1oc(N2CCCC(C)C2)nc1C(F)(F)P. The molecule has 2 atom stereocenters. The van der Waals surface area contributed by atoms with Crippen molar-refractivity contribution in [2.24, 2.45) is 5.92 Å². The topological polar surface area (TPSA) is 29.3 Å². The molecule has 0 aromatic carbocycles. The molecule has 2 heterocycles. The summed E-state index contributed by atoms with van der Waals surface area (Å²) in [6, 6.07) is 0.325. The van der Waals surface area contributed by atoms with Gasteiger partial charge < -0.3 is 9.32 Å². The maximum Gasteiger partial charge on any atom is 0.303 e. The van der Waals surface area contributed by atoms with Gasteiger partial charge in [0.2, 0.25) is 0 Å². The second kappa shape index (κ2) is 4.52.